The Morgan fingerprint density at radius 1 is 1.05 bits per heavy atom. The minimum Gasteiger partial charge on any atom is -0.469 e. The van der Waals surface area contributed by atoms with Crippen molar-refractivity contribution in [2.45, 2.75) is 102 Å². The van der Waals surface area contributed by atoms with Crippen LogP contribution < -0.4 is 0 Å². The van der Waals surface area contributed by atoms with Crippen LogP contribution in [0, 0.1) is 11.3 Å². The van der Waals surface area contributed by atoms with Gasteiger partial charge in [-0.3, -0.25) is 9.59 Å². The summed E-state index contributed by atoms with van der Waals surface area (Å²) in [4.78, 5) is 49.6. The first-order valence-corrected chi connectivity index (χ1v) is 16.3. The quantitative estimate of drug-likeness (QED) is 0.244. The second-order valence-corrected chi connectivity index (χ2v) is 17.4. The Hall–Kier alpha value is -2.16. The monoisotopic (exact) mass is 564 g/mol. The molecule has 1 aliphatic carbocycles. The van der Waals surface area contributed by atoms with Crippen LogP contribution in [0.1, 0.15) is 40.0 Å². The number of esters is 4. The van der Waals surface area contributed by atoms with Crippen LogP contribution >= 0.6 is 0 Å². The lowest BCUT2D eigenvalue weighted by Crippen LogP contribution is -2.49. The van der Waals surface area contributed by atoms with E-state index in [1.807, 2.05) is 19.6 Å². The molecule has 3 aliphatic heterocycles. The first-order chi connectivity index (χ1) is 17.5. The number of rotatable bonds is 8. The zero-order valence-corrected chi connectivity index (χ0v) is 23.2. The molecule has 14 heteroatoms. The maximum Gasteiger partial charge on any atom is 0.350 e. The molecule has 1 saturated carbocycles. The van der Waals surface area contributed by atoms with Crippen molar-refractivity contribution in [3.8, 4) is 0 Å². The summed E-state index contributed by atoms with van der Waals surface area (Å²) >= 11 is 0. The Morgan fingerprint density at radius 3 is 2.37 bits per heavy atom. The van der Waals surface area contributed by atoms with Crippen LogP contribution in [0.5, 0.6) is 0 Å². The van der Waals surface area contributed by atoms with Crippen LogP contribution in [0.3, 0.4) is 0 Å². The maximum atomic E-state index is 14.8. The summed E-state index contributed by atoms with van der Waals surface area (Å²) < 4.78 is 67.7. The van der Waals surface area contributed by atoms with Crippen molar-refractivity contribution in [3.63, 3.8) is 0 Å². The van der Waals surface area contributed by atoms with Crippen LogP contribution in [0.4, 0.5) is 8.78 Å². The van der Waals surface area contributed by atoms with E-state index in [1.165, 1.54) is 0 Å². The lowest BCUT2D eigenvalue weighted by Gasteiger charge is -2.32. The highest BCUT2D eigenvalue weighted by atomic mass is 28.3. The van der Waals surface area contributed by atoms with Crippen LogP contribution in [0.2, 0.25) is 19.6 Å². The topological polar surface area (TPSA) is 133 Å². The summed E-state index contributed by atoms with van der Waals surface area (Å²) in [6, 6.07) is 0. The van der Waals surface area contributed by atoms with Gasteiger partial charge in [-0.05, 0) is 20.3 Å². The summed E-state index contributed by atoms with van der Waals surface area (Å²) in [6.45, 7) is 10.2. The number of fused-ring (bicyclic) bond motifs is 3. The second-order valence-electron chi connectivity index (χ2n) is 12.0. The molecule has 0 aromatic rings. The fraction of sp³-hybridized carbons (Fsp3) is 0.833. The van der Waals surface area contributed by atoms with Crippen LogP contribution in [0.25, 0.3) is 0 Å². The molecular weight excluding hydrogens is 530 g/mol. The van der Waals surface area contributed by atoms with E-state index in [2.05, 4.69) is 0 Å². The van der Waals surface area contributed by atoms with Crippen molar-refractivity contribution in [2.24, 2.45) is 11.3 Å². The molecule has 4 fully saturated rings. The van der Waals surface area contributed by atoms with Gasteiger partial charge in [-0.2, -0.15) is 0 Å². The first-order valence-electron chi connectivity index (χ1n) is 12.6. The molecule has 1 spiro atoms. The molecule has 4 aliphatic rings. The van der Waals surface area contributed by atoms with E-state index >= 15 is 0 Å². The summed E-state index contributed by atoms with van der Waals surface area (Å²) in [5, 5.41) is 0. The van der Waals surface area contributed by atoms with E-state index in [-0.39, 0.29) is 12.7 Å². The minimum atomic E-state index is -3.44. The first kappa shape index (κ1) is 28.8. The molecule has 7 atom stereocenters. The highest BCUT2D eigenvalue weighted by Crippen LogP contribution is 2.56. The Morgan fingerprint density at radius 2 is 1.74 bits per heavy atom. The third kappa shape index (κ3) is 5.32. The lowest BCUT2D eigenvalue weighted by molar-refractivity contribution is -0.265. The highest BCUT2D eigenvalue weighted by Gasteiger charge is 2.74. The molecule has 3 saturated heterocycles. The number of carbonyl (C=O) groups is 4. The molecule has 0 aromatic carbocycles. The smallest absolute Gasteiger partial charge is 0.350 e. The van der Waals surface area contributed by atoms with Crippen LogP contribution in [-0.2, 0) is 52.3 Å². The zero-order valence-electron chi connectivity index (χ0n) is 22.2. The summed E-state index contributed by atoms with van der Waals surface area (Å²) in [6.07, 6.45) is -6.56. The summed E-state index contributed by atoms with van der Waals surface area (Å²) in [5.41, 5.74) is -0.801. The molecule has 7 unspecified atom stereocenters. The molecule has 38 heavy (non-hydrogen) atoms. The Labute approximate surface area is 219 Å². The van der Waals surface area contributed by atoms with E-state index in [0.29, 0.717) is 6.42 Å². The third-order valence-electron chi connectivity index (χ3n) is 7.21. The SMILES string of the molecule is CCC(C)(C)C(=O)OCC(=O)OC1C(=O)OC2C3OC4(CCC(F)(F)C4C(=O)OC[Si](C)(C)C)OC3OC12. The molecule has 0 amide bonds. The summed E-state index contributed by atoms with van der Waals surface area (Å²) in [7, 11) is -1.88. The van der Waals surface area contributed by atoms with Crippen LogP contribution in [-0.4, -0.2) is 87.2 Å². The Balaban J connectivity index is 1.40. The maximum absolute atomic E-state index is 14.8. The highest BCUT2D eigenvalue weighted by molar-refractivity contribution is 6.76. The van der Waals surface area contributed by atoms with Gasteiger partial charge in [0.05, 0.1) is 19.7 Å². The van der Waals surface area contributed by atoms with Gasteiger partial charge in [0.15, 0.2) is 36.8 Å². The van der Waals surface area contributed by atoms with Gasteiger partial charge in [0, 0.05) is 12.8 Å². The molecule has 11 nitrogen and oxygen atoms in total. The average Bonchev–Trinajstić information content (AvgIpc) is 3.49. The van der Waals surface area contributed by atoms with Gasteiger partial charge in [-0.15, -0.1) is 0 Å². The number of carbonyl (C=O) groups excluding carboxylic acids is 4. The van der Waals surface area contributed by atoms with E-state index < -0.39 is 98.7 Å². The van der Waals surface area contributed by atoms with Crippen molar-refractivity contribution in [1.29, 1.82) is 0 Å². The fourth-order valence-corrected chi connectivity index (χ4v) is 5.30. The number of hydrogen-bond acceptors (Lipinski definition) is 11. The predicted molar refractivity (Wildman–Crippen MR) is 124 cm³/mol. The van der Waals surface area contributed by atoms with Gasteiger partial charge in [-0.25, -0.2) is 18.4 Å². The second kappa shape index (κ2) is 9.79. The Bertz CT molecular complexity index is 996. The van der Waals surface area contributed by atoms with Crippen molar-refractivity contribution in [2.75, 3.05) is 12.8 Å². The molecule has 4 rings (SSSR count). The van der Waals surface area contributed by atoms with Gasteiger partial charge in [0.1, 0.15) is 6.10 Å². The lowest BCUT2D eigenvalue weighted by atomic mass is 9.91. The molecule has 3 heterocycles. The molecule has 214 valence electrons. The minimum absolute atomic E-state index is 0.0540. The van der Waals surface area contributed by atoms with Gasteiger partial charge in [-0.1, -0.05) is 26.6 Å². The van der Waals surface area contributed by atoms with Crippen molar-refractivity contribution < 1.29 is 61.1 Å². The van der Waals surface area contributed by atoms with Gasteiger partial charge >= 0.3 is 23.9 Å². The fourth-order valence-electron chi connectivity index (χ4n) is 4.72. The van der Waals surface area contributed by atoms with Gasteiger partial charge in [0.2, 0.25) is 6.10 Å². The number of alkyl halides is 2. The van der Waals surface area contributed by atoms with Gasteiger partial charge < -0.3 is 33.2 Å². The van der Waals surface area contributed by atoms with Crippen molar-refractivity contribution in [3.05, 3.63) is 0 Å². The van der Waals surface area contributed by atoms with E-state index in [4.69, 9.17) is 33.2 Å². The average molecular weight is 565 g/mol. The molecule has 0 bridgehead atoms. The molecular formula is C24H34F2O11Si. The molecule has 0 aromatic heterocycles. The standard InChI is InChI=1S/C24H34F2O11Si/c1-7-22(2,3)21(30)31-10-12(27)33-15-13-14(34-18(15)28)16-20(35-13)37-24(36-16)9-8-23(25,26)17(24)19(29)32-11-38(4,5)6/h13-17,20H,7-11H2,1-6H3. The molecule has 0 N–H and O–H groups in total. The van der Waals surface area contributed by atoms with E-state index in [1.54, 1.807) is 20.8 Å². The number of halogens is 2. The van der Waals surface area contributed by atoms with E-state index in [0.717, 1.165) is 0 Å². The third-order valence-corrected chi connectivity index (χ3v) is 8.22. The molecule has 0 radical (unpaired) electrons. The Kier molecular flexibility index (Phi) is 7.43. The van der Waals surface area contributed by atoms with Crippen LogP contribution in [0.15, 0.2) is 0 Å². The predicted octanol–water partition coefficient (Wildman–Crippen LogP) is 2.11. The largest absolute Gasteiger partial charge is 0.469 e. The summed E-state index contributed by atoms with van der Waals surface area (Å²) in [5.74, 6) is -11.1. The number of ether oxygens (including phenoxy) is 7. The van der Waals surface area contributed by atoms with Crippen molar-refractivity contribution >= 4 is 32.0 Å². The zero-order chi connectivity index (χ0) is 28.3. The normalized spacial score (nSPS) is 35.5. The van der Waals surface area contributed by atoms with E-state index in [9.17, 15) is 28.0 Å². The number of hydrogen-bond donors (Lipinski definition) is 0. The van der Waals surface area contributed by atoms with Gasteiger partial charge in [0.25, 0.3) is 5.92 Å². The van der Waals surface area contributed by atoms with Crippen molar-refractivity contribution in [1.82, 2.24) is 0 Å².